The highest BCUT2D eigenvalue weighted by atomic mass is 32.2. The number of aliphatic hydroxyl groups is 1. The van der Waals surface area contributed by atoms with Crippen LogP contribution in [0.15, 0.2) is 35.2 Å². The van der Waals surface area contributed by atoms with Gasteiger partial charge in [-0.3, -0.25) is 0 Å². The van der Waals surface area contributed by atoms with E-state index in [1.54, 1.807) is 18.2 Å². The number of benzene rings is 1. The van der Waals surface area contributed by atoms with Crippen LogP contribution in [-0.2, 0) is 9.84 Å². The number of hydrogen-bond donors (Lipinski definition) is 2. The SMILES string of the molecule is CNC.O=S(=O)(CCO)c1ccccc1. The summed E-state index contributed by atoms with van der Waals surface area (Å²) in [6.07, 6.45) is 0. The smallest absolute Gasteiger partial charge is 0.180 e. The van der Waals surface area contributed by atoms with Crippen molar-refractivity contribution in [2.24, 2.45) is 0 Å². The van der Waals surface area contributed by atoms with Crippen molar-refractivity contribution in [3.8, 4) is 0 Å². The van der Waals surface area contributed by atoms with E-state index in [0.29, 0.717) is 0 Å². The van der Waals surface area contributed by atoms with Crippen LogP contribution < -0.4 is 5.32 Å². The van der Waals surface area contributed by atoms with Crippen LogP contribution >= 0.6 is 0 Å². The fourth-order valence-electron chi connectivity index (χ4n) is 0.866. The van der Waals surface area contributed by atoms with E-state index < -0.39 is 9.84 Å². The van der Waals surface area contributed by atoms with Gasteiger partial charge in [0.25, 0.3) is 0 Å². The zero-order chi connectivity index (χ0) is 11.7. The molecule has 0 bridgehead atoms. The predicted molar refractivity (Wildman–Crippen MR) is 60.6 cm³/mol. The van der Waals surface area contributed by atoms with Crippen LogP contribution in [0.5, 0.6) is 0 Å². The maximum Gasteiger partial charge on any atom is 0.180 e. The average Bonchev–Trinajstić information content (AvgIpc) is 2.20. The lowest BCUT2D eigenvalue weighted by molar-refractivity contribution is 0.319. The van der Waals surface area contributed by atoms with Crippen molar-refractivity contribution < 1.29 is 13.5 Å². The number of aliphatic hydroxyl groups excluding tert-OH is 1. The molecule has 0 amide bonds. The molecule has 86 valence electrons. The molecular weight excluding hydrogens is 214 g/mol. The van der Waals surface area contributed by atoms with Crippen LogP contribution in [0.25, 0.3) is 0 Å². The Hall–Kier alpha value is -0.910. The topological polar surface area (TPSA) is 66.4 Å². The van der Waals surface area contributed by atoms with Gasteiger partial charge in [0.05, 0.1) is 17.3 Å². The molecule has 1 aromatic rings. The zero-order valence-corrected chi connectivity index (χ0v) is 9.79. The number of sulfone groups is 1. The first-order valence-corrected chi connectivity index (χ1v) is 6.21. The van der Waals surface area contributed by atoms with Crippen LogP contribution in [0.3, 0.4) is 0 Å². The van der Waals surface area contributed by atoms with E-state index in [1.165, 1.54) is 12.1 Å². The molecule has 0 aliphatic heterocycles. The van der Waals surface area contributed by atoms with Gasteiger partial charge in [-0.25, -0.2) is 8.42 Å². The first kappa shape index (κ1) is 14.1. The highest BCUT2D eigenvalue weighted by Crippen LogP contribution is 2.08. The summed E-state index contributed by atoms with van der Waals surface area (Å²) in [5, 5.41) is 11.2. The lowest BCUT2D eigenvalue weighted by Gasteiger charge is -2.00. The Morgan fingerprint density at radius 1 is 1.20 bits per heavy atom. The third kappa shape index (κ3) is 5.51. The summed E-state index contributed by atoms with van der Waals surface area (Å²) in [4.78, 5) is 0.263. The standard InChI is InChI=1S/C8H10O3S.C2H7N/c9-6-7-12(10,11)8-4-2-1-3-5-8;1-3-2/h1-5,9H,6-7H2;3H,1-2H3. The van der Waals surface area contributed by atoms with Gasteiger partial charge >= 0.3 is 0 Å². The molecule has 0 aliphatic rings. The Labute approximate surface area is 90.9 Å². The second-order valence-electron chi connectivity index (χ2n) is 2.86. The Kier molecular flexibility index (Phi) is 6.94. The van der Waals surface area contributed by atoms with Crippen molar-refractivity contribution in [3.63, 3.8) is 0 Å². The molecule has 0 heterocycles. The van der Waals surface area contributed by atoms with Gasteiger partial charge in [0, 0.05) is 0 Å². The van der Waals surface area contributed by atoms with Gasteiger partial charge in [0.1, 0.15) is 0 Å². The molecule has 15 heavy (non-hydrogen) atoms. The van der Waals surface area contributed by atoms with Crippen LogP contribution in [0, 0.1) is 0 Å². The fourth-order valence-corrected chi connectivity index (χ4v) is 1.91. The number of nitrogens with one attached hydrogen (secondary N) is 1. The minimum absolute atomic E-state index is 0.211. The molecule has 2 N–H and O–H groups in total. The highest BCUT2D eigenvalue weighted by molar-refractivity contribution is 7.91. The molecule has 4 nitrogen and oxygen atoms in total. The maximum atomic E-state index is 11.3. The van der Waals surface area contributed by atoms with Crippen LogP contribution in [0.1, 0.15) is 0 Å². The first-order valence-electron chi connectivity index (χ1n) is 4.55. The van der Waals surface area contributed by atoms with Gasteiger partial charge in [-0.05, 0) is 26.2 Å². The van der Waals surface area contributed by atoms with E-state index in [1.807, 2.05) is 14.1 Å². The molecular formula is C10H17NO3S. The molecule has 1 aromatic carbocycles. The summed E-state index contributed by atoms with van der Waals surface area (Å²) >= 11 is 0. The highest BCUT2D eigenvalue weighted by Gasteiger charge is 2.11. The van der Waals surface area contributed by atoms with Crippen LogP contribution in [0.4, 0.5) is 0 Å². The Morgan fingerprint density at radius 2 is 1.67 bits per heavy atom. The lowest BCUT2D eigenvalue weighted by atomic mass is 10.4. The monoisotopic (exact) mass is 231 g/mol. The average molecular weight is 231 g/mol. The number of hydrogen-bond acceptors (Lipinski definition) is 4. The summed E-state index contributed by atoms with van der Waals surface area (Å²) in [7, 11) is 0.490. The molecule has 0 spiro atoms. The summed E-state index contributed by atoms with van der Waals surface area (Å²) in [5.74, 6) is -0.211. The van der Waals surface area contributed by atoms with Crippen molar-refractivity contribution >= 4 is 9.84 Å². The van der Waals surface area contributed by atoms with Crippen molar-refractivity contribution in [3.05, 3.63) is 30.3 Å². The second-order valence-corrected chi connectivity index (χ2v) is 4.96. The minimum atomic E-state index is -3.26. The molecule has 0 saturated carbocycles. The van der Waals surface area contributed by atoms with E-state index in [4.69, 9.17) is 5.11 Å². The van der Waals surface area contributed by atoms with Gasteiger partial charge in [-0.1, -0.05) is 18.2 Å². The lowest BCUT2D eigenvalue weighted by Crippen LogP contribution is -2.09. The Balaban J connectivity index is 0.000000583. The van der Waals surface area contributed by atoms with Crippen molar-refractivity contribution in [1.82, 2.24) is 5.32 Å². The number of rotatable bonds is 3. The third-order valence-corrected chi connectivity index (χ3v) is 3.17. The normalized spacial score (nSPS) is 10.3. The van der Waals surface area contributed by atoms with Crippen molar-refractivity contribution in [1.29, 1.82) is 0 Å². The minimum Gasteiger partial charge on any atom is -0.395 e. The van der Waals surface area contributed by atoms with E-state index in [9.17, 15) is 8.42 Å². The molecule has 0 atom stereocenters. The van der Waals surface area contributed by atoms with Gasteiger partial charge < -0.3 is 10.4 Å². The van der Waals surface area contributed by atoms with Crippen LogP contribution in [-0.4, -0.2) is 40.0 Å². The van der Waals surface area contributed by atoms with Crippen molar-refractivity contribution in [2.45, 2.75) is 4.90 Å². The first-order chi connectivity index (χ1) is 7.08. The molecule has 0 aliphatic carbocycles. The van der Waals surface area contributed by atoms with Gasteiger partial charge in [-0.15, -0.1) is 0 Å². The molecule has 0 radical (unpaired) electrons. The van der Waals surface area contributed by atoms with E-state index >= 15 is 0 Å². The van der Waals surface area contributed by atoms with Gasteiger partial charge in [-0.2, -0.15) is 0 Å². The molecule has 0 fully saturated rings. The molecule has 1 rings (SSSR count). The van der Waals surface area contributed by atoms with Crippen molar-refractivity contribution in [2.75, 3.05) is 26.5 Å². The Bertz CT molecular complexity index is 348. The maximum absolute atomic E-state index is 11.3. The zero-order valence-electron chi connectivity index (χ0n) is 8.97. The van der Waals surface area contributed by atoms with E-state index in [0.717, 1.165) is 0 Å². The summed E-state index contributed by atoms with van der Waals surface area (Å²) < 4.78 is 22.5. The molecule has 5 heteroatoms. The van der Waals surface area contributed by atoms with Gasteiger partial charge in [0.15, 0.2) is 9.84 Å². The molecule has 0 saturated heterocycles. The second kappa shape index (κ2) is 7.39. The molecule has 0 unspecified atom stereocenters. The largest absolute Gasteiger partial charge is 0.395 e. The summed E-state index contributed by atoms with van der Waals surface area (Å²) in [6.45, 7) is -0.336. The van der Waals surface area contributed by atoms with E-state index in [2.05, 4.69) is 5.32 Å². The van der Waals surface area contributed by atoms with Crippen LogP contribution in [0.2, 0.25) is 0 Å². The third-order valence-electron chi connectivity index (χ3n) is 1.46. The summed E-state index contributed by atoms with van der Waals surface area (Å²) in [5.41, 5.74) is 0. The summed E-state index contributed by atoms with van der Waals surface area (Å²) in [6, 6.07) is 8.10. The molecule has 0 aromatic heterocycles. The van der Waals surface area contributed by atoms with Gasteiger partial charge in [0.2, 0.25) is 0 Å². The predicted octanol–water partition coefficient (Wildman–Crippen LogP) is 0.288. The quantitative estimate of drug-likeness (QED) is 0.784. The Morgan fingerprint density at radius 3 is 2.07 bits per heavy atom. The fraction of sp³-hybridized carbons (Fsp3) is 0.400. The van der Waals surface area contributed by atoms with E-state index in [-0.39, 0.29) is 17.3 Å².